The van der Waals surface area contributed by atoms with Crippen LogP contribution in [0.2, 0.25) is 0 Å². The van der Waals surface area contributed by atoms with E-state index in [0.717, 1.165) is 75.9 Å². The van der Waals surface area contributed by atoms with Gasteiger partial charge in [0.2, 0.25) is 0 Å². The second-order valence-electron chi connectivity index (χ2n) is 32.4. The molecule has 3 nitrogen and oxygen atoms in total. The van der Waals surface area contributed by atoms with Crippen molar-refractivity contribution in [2.45, 2.75) is 208 Å². The highest BCUT2D eigenvalue weighted by atomic mass is 15.2. The van der Waals surface area contributed by atoms with Gasteiger partial charge in [0.15, 0.2) is 0 Å². The highest BCUT2D eigenvalue weighted by molar-refractivity contribution is 7.00. The van der Waals surface area contributed by atoms with Crippen LogP contribution in [-0.2, 0) is 43.3 Å². The predicted molar refractivity (Wildman–Crippen MR) is 364 cm³/mol. The van der Waals surface area contributed by atoms with E-state index in [1.165, 1.54) is 77.7 Å². The van der Waals surface area contributed by atoms with E-state index in [0.29, 0.717) is 5.56 Å². The minimum absolute atomic E-state index is 0.0104. The van der Waals surface area contributed by atoms with E-state index in [9.17, 15) is 4.11 Å². The summed E-state index contributed by atoms with van der Waals surface area (Å²) < 4.78 is 28.7. The molecule has 2 aliphatic heterocycles. The van der Waals surface area contributed by atoms with Crippen molar-refractivity contribution in [3.8, 4) is 11.1 Å². The Kier molecular flexibility index (Phi) is 11.4. The second-order valence-corrected chi connectivity index (χ2v) is 32.4. The molecule has 0 saturated heterocycles. The van der Waals surface area contributed by atoms with Crippen LogP contribution in [0.1, 0.15) is 216 Å². The molecule has 0 radical (unpaired) electrons. The number of aryl methyl sites for hydroxylation is 2. The summed E-state index contributed by atoms with van der Waals surface area (Å²) in [4.78, 5) is 7.49. The number of benzene rings is 8. The molecule has 430 valence electrons. The van der Waals surface area contributed by atoms with Gasteiger partial charge in [-0.25, -0.2) is 0 Å². The van der Waals surface area contributed by atoms with Crippen molar-refractivity contribution in [2.24, 2.45) is 0 Å². The lowest BCUT2D eigenvalue weighted by Gasteiger charge is -2.47. The molecule has 84 heavy (non-hydrogen) atoms. The van der Waals surface area contributed by atoms with Gasteiger partial charge in [0.25, 0.3) is 6.71 Å². The Morgan fingerprint density at radius 1 is 0.452 bits per heavy atom. The molecule has 0 bridgehead atoms. The number of nitrogens with zero attached hydrogens (tertiary/aromatic N) is 3. The standard InChI is InChI=1S/C80H92BN3/c1-48-40-68-72-69(41-48)84(65-45-60-58(42-49(65)2)76(12,13)38-39-77(60,14)15)67-46-61-59(78(16,17)47-79(61,18)19)44-63(67)81(72)62-36-34-54(82(52-30-26-50(27-31-52)73(3,4)5)53-32-28-51(29-33-53)74(6,7)8)43-66(62)83(68)64-37-35-57(75(9,10)11)70-55-24-22-23-25-56(55)80(20,21)71(64)70/h22-37,40-46H,38-39,47H2,1-21H3/i1D3. The molecule has 13 rings (SSSR count). The number of hydrogen-bond donors (Lipinski definition) is 0. The highest BCUT2D eigenvalue weighted by Gasteiger charge is 2.51. The minimum Gasteiger partial charge on any atom is -0.311 e. The van der Waals surface area contributed by atoms with Crippen molar-refractivity contribution < 1.29 is 4.11 Å². The molecule has 8 aromatic carbocycles. The zero-order chi connectivity index (χ0) is 62.6. The topological polar surface area (TPSA) is 9.72 Å². The molecule has 0 spiro atoms. The van der Waals surface area contributed by atoms with Crippen LogP contribution in [0.25, 0.3) is 11.1 Å². The van der Waals surface area contributed by atoms with E-state index in [-0.39, 0.29) is 44.6 Å². The Balaban J connectivity index is 1.18. The summed E-state index contributed by atoms with van der Waals surface area (Å²) in [6.07, 6.45) is 3.23. The zero-order valence-corrected chi connectivity index (χ0v) is 54.3. The van der Waals surface area contributed by atoms with Gasteiger partial charge in [-0.1, -0.05) is 204 Å². The van der Waals surface area contributed by atoms with Gasteiger partial charge in [-0.05, 0) is 226 Å². The van der Waals surface area contributed by atoms with Crippen molar-refractivity contribution in [2.75, 3.05) is 14.7 Å². The SMILES string of the molecule is [2H]C([2H])([2H])c1cc2c3c(c1)N(c1ccc(C(C)(C)C)c4c1C(C)(C)c1ccccc1-4)c1cc(N(c4ccc(C(C)(C)C)cc4)c4ccc(C(C)(C)C)cc4)ccc1B3c1cc3c(cc1N2c1cc2c(cc1C)C(C)(C)CCC2(C)C)C(C)(C)CC3(C)C. The highest BCUT2D eigenvalue weighted by Crippen LogP contribution is 2.60. The van der Waals surface area contributed by atoms with Gasteiger partial charge in [-0.3, -0.25) is 0 Å². The first kappa shape index (κ1) is 52.8. The number of rotatable bonds is 5. The largest absolute Gasteiger partial charge is 0.311 e. The maximum absolute atomic E-state index is 9.57. The average Bonchev–Trinajstić information content (AvgIpc) is 1.63. The molecule has 0 unspecified atom stereocenters. The lowest BCUT2D eigenvalue weighted by atomic mass is 9.33. The van der Waals surface area contributed by atoms with E-state index >= 15 is 0 Å². The maximum atomic E-state index is 9.57. The Labute approximate surface area is 510 Å². The molecule has 0 atom stereocenters. The van der Waals surface area contributed by atoms with Crippen molar-refractivity contribution in [3.63, 3.8) is 0 Å². The fraction of sp³-hybridized carbons (Fsp3) is 0.400. The van der Waals surface area contributed by atoms with Crippen molar-refractivity contribution >= 4 is 74.3 Å². The quantitative estimate of drug-likeness (QED) is 0.159. The average molecular weight is 1110 g/mol. The van der Waals surface area contributed by atoms with Gasteiger partial charge in [0.05, 0.1) is 5.69 Å². The summed E-state index contributed by atoms with van der Waals surface area (Å²) in [7, 11) is 0. The molecule has 0 N–H and O–H groups in total. The van der Waals surface area contributed by atoms with Crippen molar-refractivity contribution in [1.29, 1.82) is 0 Å². The van der Waals surface area contributed by atoms with E-state index in [1.807, 2.05) is 0 Å². The third-order valence-electron chi connectivity index (χ3n) is 20.9. The fourth-order valence-corrected chi connectivity index (χ4v) is 16.4. The van der Waals surface area contributed by atoms with Crippen LogP contribution in [0.3, 0.4) is 0 Å². The number of fused-ring (bicyclic) bond motifs is 9. The maximum Gasteiger partial charge on any atom is 0.252 e. The summed E-state index contributed by atoms with van der Waals surface area (Å²) in [5, 5.41) is 0. The molecule has 0 fully saturated rings. The van der Waals surface area contributed by atoms with Crippen LogP contribution in [-0.4, -0.2) is 6.71 Å². The minimum atomic E-state index is -2.44. The molecule has 3 aliphatic carbocycles. The van der Waals surface area contributed by atoms with Crippen molar-refractivity contribution in [3.05, 3.63) is 201 Å². The predicted octanol–water partition coefficient (Wildman–Crippen LogP) is 20.4. The van der Waals surface area contributed by atoms with E-state index < -0.39 is 12.3 Å². The summed E-state index contributed by atoms with van der Waals surface area (Å²) in [6.45, 7) is 44.5. The molecule has 0 saturated carbocycles. The monoisotopic (exact) mass is 1110 g/mol. The summed E-state index contributed by atoms with van der Waals surface area (Å²) in [5.74, 6) is 0. The van der Waals surface area contributed by atoms with E-state index in [4.69, 9.17) is 0 Å². The lowest BCUT2D eigenvalue weighted by molar-refractivity contribution is 0.332. The summed E-state index contributed by atoms with van der Waals surface area (Å²) >= 11 is 0. The number of anilines is 9. The van der Waals surface area contributed by atoms with Gasteiger partial charge in [-0.15, -0.1) is 0 Å². The van der Waals surface area contributed by atoms with Crippen molar-refractivity contribution in [1.82, 2.24) is 0 Å². The van der Waals surface area contributed by atoms with Crippen LogP contribution in [0.5, 0.6) is 0 Å². The molecule has 0 aromatic heterocycles. The molecule has 4 heteroatoms. The first-order valence-electron chi connectivity index (χ1n) is 32.9. The normalized spacial score (nSPS) is 18.8. The summed E-state index contributed by atoms with van der Waals surface area (Å²) in [5.41, 5.74) is 28.2. The van der Waals surface area contributed by atoms with Gasteiger partial charge in [0, 0.05) is 55.0 Å². The Hall–Kier alpha value is -6.78. The van der Waals surface area contributed by atoms with Crippen LogP contribution in [0.15, 0.2) is 140 Å². The Bertz CT molecular complexity index is 4110. The van der Waals surface area contributed by atoms with Gasteiger partial charge >= 0.3 is 0 Å². The van der Waals surface area contributed by atoms with Crippen LogP contribution in [0, 0.1) is 13.8 Å². The Morgan fingerprint density at radius 2 is 0.952 bits per heavy atom. The molecule has 2 heterocycles. The molecule has 8 aromatic rings. The van der Waals surface area contributed by atoms with E-state index in [1.54, 1.807) is 0 Å². The van der Waals surface area contributed by atoms with Crippen LogP contribution < -0.4 is 31.1 Å². The third-order valence-corrected chi connectivity index (χ3v) is 20.9. The first-order chi connectivity index (χ1) is 40.3. The van der Waals surface area contributed by atoms with Gasteiger partial charge < -0.3 is 14.7 Å². The molecular formula is C80H92BN3. The fourth-order valence-electron chi connectivity index (χ4n) is 16.4. The van der Waals surface area contributed by atoms with Gasteiger partial charge in [0.1, 0.15) is 0 Å². The Morgan fingerprint density at radius 3 is 1.51 bits per heavy atom. The van der Waals surface area contributed by atoms with E-state index in [2.05, 4.69) is 293 Å². The second kappa shape index (κ2) is 18.1. The van der Waals surface area contributed by atoms with Gasteiger partial charge in [-0.2, -0.15) is 0 Å². The molecule has 0 amide bonds. The van der Waals surface area contributed by atoms with Crippen LogP contribution in [0.4, 0.5) is 51.2 Å². The number of hydrogen-bond acceptors (Lipinski definition) is 3. The summed E-state index contributed by atoms with van der Waals surface area (Å²) in [6, 6.07) is 53.7. The zero-order valence-electron chi connectivity index (χ0n) is 57.3. The molecule has 5 aliphatic rings. The lowest BCUT2D eigenvalue weighted by Crippen LogP contribution is -2.61. The van der Waals surface area contributed by atoms with Crippen LogP contribution >= 0.6 is 0 Å². The molecular weight excluding hydrogens is 1010 g/mol. The third kappa shape index (κ3) is 8.47. The first-order valence-corrected chi connectivity index (χ1v) is 31.4. The smallest absolute Gasteiger partial charge is 0.252 e.